The molecule has 0 radical (unpaired) electrons. The summed E-state index contributed by atoms with van der Waals surface area (Å²) < 4.78 is 34.4. The van der Waals surface area contributed by atoms with Gasteiger partial charge in [-0.2, -0.15) is 0 Å². The summed E-state index contributed by atoms with van der Waals surface area (Å²) in [5, 5.41) is 8.89. The molecular formula is C15H10AtF2I2NO3. The van der Waals surface area contributed by atoms with Crippen LogP contribution in [0.2, 0.25) is 0 Å². The van der Waals surface area contributed by atoms with E-state index in [4.69, 9.17) is 15.6 Å². The summed E-state index contributed by atoms with van der Waals surface area (Å²) in [6.07, 6.45) is 0.174. The second kappa shape index (κ2) is 8.50. The van der Waals surface area contributed by atoms with E-state index in [1.165, 1.54) is 6.07 Å². The van der Waals surface area contributed by atoms with E-state index in [2.05, 4.69) is 0 Å². The Morgan fingerprint density at radius 2 is 1.88 bits per heavy atom. The zero-order valence-electron chi connectivity index (χ0n) is 11.8. The molecule has 0 aromatic heterocycles. The summed E-state index contributed by atoms with van der Waals surface area (Å²) >= 11 is 4.93. The number of halogens is 4. The molecular weight excluding hydrogens is 745 g/mol. The molecule has 2 rings (SSSR count). The van der Waals surface area contributed by atoms with Gasteiger partial charge in [0.25, 0.3) is 0 Å². The maximum absolute atomic E-state index is 14.1. The fourth-order valence-electron chi connectivity index (χ4n) is 1.87. The fraction of sp³-hybridized carbons (Fsp3) is 0.133. The Morgan fingerprint density at radius 1 is 1.29 bits per heavy atom. The average Bonchev–Trinajstić information content (AvgIpc) is 2.50. The third-order valence-electron chi connectivity index (χ3n) is 3.04. The van der Waals surface area contributed by atoms with Gasteiger partial charge in [-0.05, 0) is 0 Å². The molecule has 0 unspecified atom stereocenters. The van der Waals surface area contributed by atoms with E-state index in [0.717, 1.165) is 36.3 Å². The number of aliphatic carboxylic acids is 1. The Kier molecular flexibility index (Phi) is 7.15. The minimum absolute atomic E-state index is 0.0541. The zero-order valence-corrected chi connectivity index (χ0v) is 19.1. The van der Waals surface area contributed by atoms with Crippen LogP contribution in [0.1, 0.15) is 5.56 Å². The molecule has 2 aromatic rings. The Hall–Kier alpha value is -0.127. The summed E-state index contributed by atoms with van der Waals surface area (Å²) in [4.78, 5) is 10.9. The number of ether oxygens (including phenoxy) is 1. The van der Waals surface area contributed by atoms with Crippen LogP contribution in [0.4, 0.5) is 8.78 Å². The van der Waals surface area contributed by atoms with Crippen molar-refractivity contribution >= 4 is 54.4 Å². The second-order valence-corrected chi connectivity index (χ2v) is 8.61. The number of nitrogens with two attached hydrogens (primary N) is 1. The van der Waals surface area contributed by atoms with Gasteiger partial charge in [-0.25, -0.2) is 0 Å². The molecule has 128 valence electrons. The number of rotatable bonds is 5. The Balaban J connectivity index is 2.32. The molecule has 0 saturated carbocycles. The molecule has 0 amide bonds. The van der Waals surface area contributed by atoms with E-state index in [1.807, 2.05) is 45.2 Å². The molecule has 0 heterocycles. The van der Waals surface area contributed by atoms with Crippen molar-refractivity contribution in [2.24, 2.45) is 5.73 Å². The topological polar surface area (TPSA) is 72.5 Å². The quantitative estimate of drug-likeness (QED) is 0.461. The summed E-state index contributed by atoms with van der Waals surface area (Å²) in [5.74, 6) is -2.04. The predicted octanol–water partition coefficient (Wildman–Crippen LogP) is 3.10. The first-order valence-corrected chi connectivity index (χ1v) is 10.1. The standard InChI is InChI=1S/C15H10AtF2I2NO3/c16-12-7(17)1-2-11(13(12)18)24-14-8(19)3-6(4-9(14)20)5-10(21)15(22)23/h1-4,10H,5,21H2,(H,22,23)/t10-/m0/s1/i16+1. The van der Waals surface area contributed by atoms with Gasteiger partial charge >= 0.3 is 181 Å². The molecule has 4 nitrogen and oxygen atoms in total. The van der Waals surface area contributed by atoms with Crippen molar-refractivity contribution in [1.29, 1.82) is 0 Å². The van der Waals surface area contributed by atoms with Crippen LogP contribution >= 0.6 is 45.2 Å². The zero-order chi connectivity index (χ0) is 18.0. The van der Waals surface area contributed by atoms with Gasteiger partial charge in [-0.3, -0.25) is 0 Å². The SMILES string of the molecule is N[C@@H](Cc1cc(I)c(Oc2ccc(F)c([211At])c2F)c(I)c1)C(=O)O. The van der Waals surface area contributed by atoms with Crippen molar-refractivity contribution in [3.8, 4) is 11.5 Å². The first kappa shape index (κ1) is 20.2. The van der Waals surface area contributed by atoms with Crippen LogP contribution in [-0.4, -0.2) is 17.1 Å². The molecule has 3 N–H and O–H groups in total. The molecule has 1 atom stereocenters. The van der Waals surface area contributed by atoms with E-state index < -0.39 is 23.6 Å². The molecule has 0 bridgehead atoms. The van der Waals surface area contributed by atoms with Gasteiger partial charge in [-0.1, -0.05) is 0 Å². The van der Waals surface area contributed by atoms with E-state index in [9.17, 15) is 13.6 Å². The van der Waals surface area contributed by atoms with Gasteiger partial charge in [0.2, 0.25) is 0 Å². The van der Waals surface area contributed by atoms with Gasteiger partial charge in [0, 0.05) is 0 Å². The normalized spacial score (nSPS) is 12.1. The summed E-state index contributed by atoms with van der Waals surface area (Å²) in [5.41, 5.74) is 6.28. The number of carboxylic acids is 1. The molecule has 24 heavy (non-hydrogen) atoms. The van der Waals surface area contributed by atoms with Gasteiger partial charge in [0.1, 0.15) is 0 Å². The number of hydrogen-bond acceptors (Lipinski definition) is 3. The molecule has 0 aliphatic carbocycles. The van der Waals surface area contributed by atoms with Crippen LogP contribution < -0.4 is 13.7 Å². The van der Waals surface area contributed by atoms with Gasteiger partial charge in [0.05, 0.1) is 0 Å². The molecule has 2 aromatic carbocycles. The molecule has 9 heteroatoms. The Labute approximate surface area is 179 Å². The van der Waals surface area contributed by atoms with E-state index in [-0.39, 0.29) is 15.4 Å². The van der Waals surface area contributed by atoms with Crippen molar-refractivity contribution in [2.45, 2.75) is 12.5 Å². The average molecular weight is 755 g/mol. The molecule has 0 aliphatic heterocycles. The first-order chi connectivity index (χ1) is 11.2. The van der Waals surface area contributed by atoms with Crippen molar-refractivity contribution < 1.29 is 48.1 Å². The minimum atomic E-state index is -1.08. The Morgan fingerprint density at radius 3 is 2.42 bits per heavy atom. The van der Waals surface area contributed by atoms with Gasteiger partial charge in [0.15, 0.2) is 0 Å². The van der Waals surface area contributed by atoms with Crippen LogP contribution in [0.5, 0.6) is 11.5 Å². The summed E-state index contributed by atoms with van der Waals surface area (Å²) in [7, 11) is 0. The number of hydrogen-bond donors (Lipinski definition) is 2. The van der Waals surface area contributed by atoms with E-state index in [1.54, 1.807) is 12.1 Å². The van der Waals surface area contributed by atoms with Gasteiger partial charge < -0.3 is 0 Å². The third kappa shape index (κ3) is 4.73. The Bertz CT molecular complexity index is 782. The van der Waals surface area contributed by atoms with Crippen molar-refractivity contribution in [1.82, 2.24) is 0 Å². The molecule has 0 saturated heterocycles. The maximum atomic E-state index is 14.1. The second-order valence-electron chi connectivity index (χ2n) is 4.81. The van der Waals surface area contributed by atoms with Gasteiger partial charge in [-0.15, -0.1) is 0 Å². The summed E-state index contributed by atoms with van der Waals surface area (Å²) in [6.45, 7) is 0. The van der Waals surface area contributed by atoms with Crippen molar-refractivity contribution in [3.63, 3.8) is 0 Å². The van der Waals surface area contributed by atoms with E-state index in [0.29, 0.717) is 12.9 Å². The third-order valence-corrected chi connectivity index (χ3v) is 5.99. The molecule has 0 spiro atoms. The van der Waals surface area contributed by atoms with Crippen LogP contribution in [0, 0.1) is 43.5 Å². The van der Waals surface area contributed by atoms with Crippen LogP contribution in [-0.2, 0) is 11.2 Å². The molecule has 0 fully saturated rings. The van der Waals surface area contributed by atoms with Crippen molar-refractivity contribution in [2.75, 3.05) is 0 Å². The number of benzene rings is 2. The number of carboxylic acid groups (broad SMARTS) is 1. The monoisotopic (exact) mass is 755 g/mol. The first-order valence-electron chi connectivity index (χ1n) is 6.48. The van der Waals surface area contributed by atoms with Crippen LogP contribution in [0.25, 0.3) is 0 Å². The summed E-state index contributed by atoms with van der Waals surface area (Å²) in [6, 6.07) is 4.88. The number of carbonyl (C=O) groups is 1. The van der Waals surface area contributed by atoms with E-state index >= 15 is 0 Å². The van der Waals surface area contributed by atoms with Crippen molar-refractivity contribution in [3.05, 3.63) is 48.6 Å². The fourth-order valence-corrected chi connectivity index (χ4v) is 4.59. The van der Waals surface area contributed by atoms with Crippen LogP contribution in [0.3, 0.4) is 0 Å². The van der Waals surface area contributed by atoms with Crippen LogP contribution in [0.15, 0.2) is 24.3 Å². The predicted molar refractivity (Wildman–Crippen MR) is 97.3 cm³/mol. The molecule has 0 aliphatic rings.